The minimum Gasteiger partial charge on any atom is -0.266 e. The van der Waals surface area contributed by atoms with Crippen molar-refractivity contribution >= 4 is 20.8 Å². The van der Waals surface area contributed by atoms with Gasteiger partial charge in [0.15, 0.2) is 0 Å². The molecule has 4 aromatic rings. The Balaban J connectivity index is 2.09. The molecule has 1 heterocycles. The summed E-state index contributed by atoms with van der Waals surface area (Å²) in [6, 6.07) is 23.9. The SMILES string of the molecule is O=c1c2ccccc2c(-c2ccccc2)nn1S(=O)(=O)c1ccccc1. The summed E-state index contributed by atoms with van der Waals surface area (Å²) in [6.07, 6.45) is 0. The molecule has 0 aliphatic rings. The first-order chi connectivity index (χ1) is 12.6. The predicted molar refractivity (Wildman–Crippen MR) is 100 cm³/mol. The lowest BCUT2D eigenvalue weighted by Gasteiger charge is -2.11. The lowest BCUT2D eigenvalue weighted by Crippen LogP contribution is -2.30. The minimum atomic E-state index is -4.10. The number of hydrogen-bond acceptors (Lipinski definition) is 4. The van der Waals surface area contributed by atoms with Crippen molar-refractivity contribution in [3.8, 4) is 11.3 Å². The molecule has 0 saturated carbocycles. The van der Waals surface area contributed by atoms with Crippen LogP contribution in [-0.4, -0.2) is 17.6 Å². The van der Waals surface area contributed by atoms with Crippen LogP contribution in [0, 0.1) is 0 Å². The number of nitrogens with zero attached hydrogens (tertiary/aromatic N) is 2. The topological polar surface area (TPSA) is 69.0 Å². The quantitative estimate of drug-likeness (QED) is 0.561. The first-order valence-electron chi connectivity index (χ1n) is 7.97. The van der Waals surface area contributed by atoms with Gasteiger partial charge in [-0.05, 0) is 18.2 Å². The monoisotopic (exact) mass is 362 g/mol. The summed E-state index contributed by atoms with van der Waals surface area (Å²) in [5.74, 6) is 0. The Kier molecular flexibility index (Phi) is 3.89. The molecule has 4 rings (SSSR count). The van der Waals surface area contributed by atoms with Gasteiger partial charge in [0.1, 0.15) is 5.69 Å². The van der Waals surface area contributed by atoms with Gasteiger partial charge in [-0.2, -0.15) is 13.5 Å². The zero-order chi connectivity index (χ0) is 18.1. The van der Waals surface area contributed by atoms with E-state index in [1.807, 2.05) is 30.3 Å². The van der Waals surface area contributed by atoms with Crippen molar-refractivity contribution in [3.05, 3.63) is 95.3 Å². The molecule has 0 radical (unpaired) electrons. The normalized spacial score (nSPS) is 11.5. The second kappa shape index (κ2) is 6.24. The fourth-order valence-electron chi connectivity index (χ4n) is 2.83. The highest BCUT2D eigenvalue weighted by molar-refractivity contribution is 7.89. The molecule has 128 valence electrons. The zero-order valence-electron chi connectivity index (χ0n) is 13.6. The van der Waals surface area contributed by atoms with Crippen molar-refractivity contribution in [2.45, 2.75) is 4.90 Å². The number of aromatic nitrogens is 2. The molecule has 1 aromatic heterocycles. The second-order valence-corrected chi connectivity index (χ2v) is 7.49. The molecule has 0 bridgehead atoms. The molecule has 0 atom stereocenters. The third kappa shape index (κ3) is 2.60. The first kappa shape index (κ1) is 16.2. The summed E-state index contributed by atoms with van der Waals surface area (Å²) < 4.78 is 26.6. The summed E-state index contributed by atoms with van der Waals surface area (Å²) in [4.78, 5) is 12.9. The highest BCUT2D eigenvalue weighted by Gasteiger charge is 2.23. The molecule has 0 saturated heterocycles. The molecule has 3 aromatic carbocycles. The van der Waals surface area contributed by atoms with Crippen LogP contribution in [-0.2, 0) is 10.0 Å². The molecular formula is C20H14N2O3S. The maximum atomic E-state index is 13.0. The molecule has 0 spiro atoms. The van der Waals surface area contributed by atoms with Crippen LogP contribution in [0.3, 0.4) is 0 Å². The van der Waals surface area contributed by atoms with Gasteiger partial charge in [0.05, 0.1) is 10.3 Å². The summed E-state index contributed by atoms with van der Waals surface area (Å²) in [6.45, 7) is 0. The number of hydrogen-bond donors (Lipinski definition) is 0. The minimum absolute atomic E-state index is 0.0175. The lowest BCUT2D eigenvalue weighted by atomic mass is 10.1. The smallest absolute Gasteiger partial charge is 0.266 e. The molecule has 0 fully saturated rings. The van der Waals surface area contributed by atoms with E-state index in [1.165, 1.54) is 12.1 Å². The van der Waals surface area contributed by atoms with E-state index in [0.717, 1.165) is 5.56 Å². The molecule has 0 unspecified atom stereocenters. The third-order valence-electron chi connectivity index (χ3n) is 4.09. The average Bonchev–Trinajstić information content (AvgIpc) is 2.69. The molecule has 6 heteroatoms. The maximum Gasteiger partial charge on any atom is 0.289 e. The highest BCUT2D eigenvalue weighted by atomic mass is 32.2. The predicted octanol–water partition coefficient (Wildman–Crippen LogP) is 3.30. The molecule has 5 nitrogen and oxygen atoms in total. The van der Waals surface area contributed by atoms with Crippen molar-refractivity contribution in [2.75, 3.05) is 0 Å². The Bertz CT molecular complexity index is 1250. The highest BCUT2D eigenvalue weighted by Crippen LogP contribution is 2.25. The summed E-state index contributed by atoms with van der Waals surface area (Å²) in [7, 11) is -4.10. The Morgan fingerprint density at radius 1 is 0.692 bits per heavy atom. The molecule has 0 aliphatic carbocycles. The molecule has 0 N–H and O–H groups in total. The molecule has 26 heavy (non-hydrogen) atoms. The largest absolute Gasteiger partial charge is 0.289 e. The van der Waals surface area contributed by atoms with Gasteiger partial charge in [0.25, 0.3) is 15.6 Å². The van der Waals surface area contributed by atoms with Crippen molar-refractivity contribution in [1.29, 1.82) is 0 Å². The summed E-state index contributed by atoms with van der Waals surface area (Å²) in [5, 5.41) is 5.16. The van der Waals surface area contributed by atoms with Crippen molar-refractivity contribution in [3.63, 3.8) is 0 Å². The van der Waals surface area contributed by atoms with Crippen LogP contribution in [0.15, 0.2) is 94.6 Å². The van der Waals surface area contributed by atoms with E-state index in [-0.39, 0.29) is 4.90 Å². The van der Waals surface area contributed by atoms with E-state index in [4.69, 9.17) is 0 Å². The second-order valence-electron chi connectivity index (χ2n) is 5.73. The van der Waals surface area contributed by atoms with E-state index >= 15 is 0 Å². The summed E-state index contributed by atoms with van der Waals surface area (Å²) in [5.41, 5.74) is 0.519. The Hall–Kier alpha value is -3.25. The van der Waals surface area contributed by atoms with Gasteiger partial charge >= 0.3 is 0 Å². The van der Waals surface area contributed by atoms with Crippen LogP contribution in [0.4, 0.5) is 0 Å². The van der Waals surface area contributed by atoms with Gasteiger partial charge in [-0.3, -0.25) is 4.79 Å². The molecule has 0 amide bonds. The Labute approximate surface area is 150 Å². The van der Waals surface area contributed by atoms with E-state index < -0.39 is 15.6 Å². The van der Waals surface area contributed by atoms with Gasteiger partial charge in [-0.25, -0.2) is 0 Å². The Morgan fingerprint density at radius 2 is 1.23 bits per heavy atom. The van der Waals surface area contributed by atoms with Crippen LogP contribution < -0.4 is 5.56 Å². The van der Waals surface area contributed by atoms with Gasteiger partial charge in [-0.1, -0.05) is 66.7 Å². The average molecular weight is 362 g/mol. The van der Waals surface area contributed by atoms with E-state index in [2.05, 4.69) is 5.10 Å². The van der Waals surface area contributed by atoms with E-state index in [9.17, 15) is 13.2 Å². The fraction of sp³-hybridized carbons (Fsp3) is 0. The number of benzene rings is 3. The van der Waals surface area contributed by atoms with Crippen molar-refractivity contribution < 1.29 is 8.42 Å². The maximum absolute atomic E-state index is 13.0. The van der Waals surface area contributed by atoms with Crippen molar-refractivity contribution in [2.24, 2.45) is 0 Å². The van der Waals surface area contributed by atoms with Gasteiger partial charge in [0.2, 0.25) is 0 Å². The fourth-order valence-corrected chi connectivity index (χ4v) is 4.04. The van der Waals surface area contributed by atoms with Crippen LogP contribution in [0.1, 0.15) is 0 Å². The van der Waals surface area contributed by atoms with Crippen LogP contribution in [0.5, 0.6) is 0 Å². The molecular weight excluding hydrogens is 348 g/mol. The van der Waals surface area contributed by atoms with Crippen LogP contribution in [0.25, 0.3) is 22.0 Å². The number of fused-ring (bicyclic) bond motifs is 1. The van der Waals surface area contributed by atoms with Crippen LogP contribution in [0.2, 0.25) is 0 Å². The van der Waals surface area contributed by atoms with Crippen molar-refractivity contribution in [1.82, 2.24) is 9.19 Å². The van der Waals surface area contributed by atoms with Gasteiger partial charge in [-0.15, -0.1) is 4.09 Å². The van der Waals surface area contributed by atoms with E-state index in [1.54, 1.807) is 42.5 Å². The summed E-state index contributed by atoms with van der Waals surface area (Å²) >= 11 is 0. The number of rotatable bonds is 3. The first-order valence-corrected chi connectivity index (χ1v) is 9.41. The van der Waals surface area contributed by atoms with Gasteiger partial charge < -0.3 is 0 Å². The molecule has 0 aliphatic heterocycles. The van der Waals surface area contributed by atoms with Gasteiger partial charge in [0, 0.05) is 10.9 Å². The third-order valence-corrected chi connectivity index (χ3v) is 5.66. The van der Waals surface area contributed by atoms with Crippen LogP contribution >= 0.6 is 0 Å². The van der Waals surface area contributed by atoms with E-state index in [0.29, 0.717) is 20.6 Å². The zero-order valence-corrected chi connectivity index (χ0v) is 14.4. The lowest BCUT2D eigenvalue weighted by molar-refractivity contribution is 0.577. The standard InChI is InChI=1S/C20H14N2O3S/c23-20-18-14-8-7-13-17(18)19(15-9-3-1-4-10-15)21-22(20)26(24,25)16-11-5-2-6-12-16/h1-14H. The Morgan fingerprint density at radius 3 is 1.88 bits per heavy atom.